The molecule has 0 saturated carbocycles. The highest BCUT2D eigenvalue weighted by Gasteiger charge is 2.30. The topological polar surface area (TPSA) is 88.7 Å². The van der Waals surface area contributed by atoms with Crippen molar-refractivity contribution in [1.82, 2.24) is 5.32 Å². The van der Waals surface area contributed by atoms with E-state index in [9.17, 15) is 27.2 Å². The predicted molar refractivity (Wildman–Crippen MR) is 129 cm³/mol. The van der Waals surface area contributed by atoms with Gasteiger partial charge < -0.3 is 20.1 Å². The molecule has 0 saturated heterocycles. The van der Waals surface area contributed by atoms with Crippen molar-refractivity contribution in [2.45, 2.75) is 0 Å². The Bertz CT molecular complexity index is 1340. The summed E-state index contributed by atoms with van der Waals surface area (Å²) in [6, 6.07) is 10.7. The first kappa shape index (κ1) is 26.7. The van der Waals surface area contributed by atoms with Gasteiger partial charge in [-0.25, -0.2) is 8.78 Å². The molecule has 3 aromatic rings. The maximum absolute atomic E-state index is 14.2. The van der Waals surface area contributed by atoms with Crippen LogP contribution in [0.3, 0.4) is 0 Å². The summed E-state index contributed by atoms with van der Waals surface area (Å²) in [5.41, 5.74) is -0.777. The Labute approximate surface area is 212 Å². The zero-order chi connectivity index (χ0) is 26.6. The second kappa shape index (κ2) is 11.2. The van der Waals surface area contributed by atoms with Crippen molar-refractivity contribution >= 4 is 52.1 Å². The number of thiocarbonyl (C=S) groups is 1. The number of hydrogen-bond acceptors (Lipinski definition) is 5. The van der Waals surface area contributed by atoms with Crippen LogP contribution in [0.2, 0.25) is 5.02 Å². The fourth-order valence-electron chi connectivity index (χ4n) is 3.03. The molecule has 3 aromatic carbocycles. The summed E-state index contributed by atoms with van der Waals surface area (Å²) >= 11 is 11.0. The molecule has 0 aliphatic carbocycles. The van der Waals surface area contributed by atoms with Crippen molar-refractivity contribution in [2.75, 3.05) is 24.9 Å². The summed E-state index contributed by atoms with van der Waals surface area (Å²) in [5, 5.41) is 6.93. The molecular formula is C23H16ClF4N3O4S. The normalized spacial score (nSPS) is 10.4. The molecule has 3 rings (SSSR count). The van der Waals surface area contributed by atoms with Crippen LogP contribution in [-0.4, -0.2) is 31.1 Å². The van der Waals surface area contributed by atoms with Gasteiger partial charge >= 0.3 is 0 Å². The molecular weight excluding hydrogens is 526 g/mol. The van der Waals surface area contributed by atoms with Gasteiger partial charge in [-0.05, 0) is 36.5 Å². The van der Waals surface area contributed by atoms with E-state index in [-0.39, 0.29) is 27.7 Å². The van der Waals surface area contributed by atoms with Gasteiger partial charge in [0, 0.05) is 11.8 Å². The van der Waals surface area contributed by atoms with Crippen LogP contribution < -0.4 is 25.4 Å². The monoisotopic (exact) mass is 541 g/mol. The van der Waals surface area contributed by atoms with Crippen LogP contribution in [0.5, 0.6) is 11.5 Å². The van der Waals surface area contributed by atoms with E-state index in [0.29, 0.717) is 0 Å². The van der Waals surface area contributed by atoms with Crippen molar-refractivity contribution in [2.24, 2.45) is 0 Å². The van der Waals surface area contributed by atoms with Crippen molar-refractivity contribution in [3.63, 3.8) is 0 Å². The van der Waals surface area contributed by atoms with E-state index >= 15 is 0 Å². The van der Waals surface area contributed by atoms with Gasteiger partial charge in [0.25, 0.3) is 11.8 Å². The minimum absolute atomic E-state index is 0.186. The van der Waals surface area contributed by atoms with Gasteiger partial charge in [-0.2, -0.15) is 8.78 Å². The second-order valence-electron chi connectivity index (χ2n) is 6.92. The van der Waals surface area contributed by atoms with Crippen LogP contribution in [0.1, 0.15) is 20.7 Å². The first-order valence-electron chi connectivity index (χ1n) is 9.85. The molecule has 3 N–H and O–H groups in total. The van der Waals surface area contributed by atoms with E-state index in [1.807, 2.05) is 5.32 Å². The fraction of sp³-hybridized carbons (Fsp3) is 0.0870. The van der Waals surface area contributed by atoms with Gasteiger partial charge in [-0.3, -0.25) is 14.9 Å². The van der Waals surface area contributed by atoms with Gasteiger partial charge in [0.2, 0.25) is 11.6 Å². The van der Waals surface area contributed by atoms with E-state index < -0.39 is 51.5 Å². The Balaban J connectivity index is 1.75. The largest absolute Gasteiger partial charge is 0.494 e. The van der Waals surface area contributed by atoms with Gasteiger partial charge in [0.05, 0.1) is 30.5 Å². The Kier molecular flexibility index (Phi) is 8.33. The molecule has 2 amide bonds. The fourth-order valence-corrected chi connectivity index (χ4v) is 3.46. The molecule has 0 aromatic heterocycles. The Morgan fingerprint density at radius 1 is 0.861 bits per heavy atom. The smallest absolute Gasteiger partial charge is 0.263 e. The van der Waals surface area contributed by atoms with Crippen LogP contribution in [0, 0.1) is 23.3 Å². The van der Waals surface area contributed by atoms with Crippen molar-refractivity contribution in [3.8, 4) is 11.5 Å². The third-order valence-electron chi connectivity index (χ3n) is 4.71. The quantitative estimate of drug-likeness (QED) is 0.223. The summed E-state index contributed by atoms with van der Waals surface area (Å²) < 4.78 is 65.7. The third kappa shape index (κ3) is 5.50. The summed E-state index contributed by atoms with van der Waals surface area (Å²) in [7, 11) is 2.14. The van der Waals surface area contributed by atoms with E-state index in [4.69, 9.17) is 28.6 Å². The summed E-state index contributed by atoms with van der Waals surface area (Å²) in [6.07, 6.45) is 0. The van der Waals surface area contributed by atoms with Crippen molar-refractivity contribution in [3.05, 3.63) is 81.9 Å². The molecule has 0 atom stereocenters. The van der Waals surface area contributed by atoms with Gasteiger partial charge in [-0.15, -0.1) is 0 Å². The molecule has 0 spiro atoms. The number of methoxy groups -OCH3 is 2. The number of carbonyl (C=O) groups excluding carboxylic acids is 2. The molecule has 0 heterocycles. The Morgan fingerprint density at radius 2 is 1.50 bits per heavy atom. The number of carbonyl (C=O) groups is 2. The van der Waals surface area contributed by atoms with Crippen LogP contribution >= 0.6 is 23.8 Å². The number of halogens is 5. The second-order valence-corrected chi connectivity index (χ2v) is 7.74. The summed E-state index contributed by atoms with van der Waals surface area (Å²) in [4.78, 5) is 24.8. The highest BCUT2D eigenvalue weighted by molar-refractivity contribution is 7.80. The number of amides is 2. The van der Waals surface area contributed by atoms with Crippen LogP contribution in [0.25, 0.3) is 0 Å². The standard InChI is InChI=1S/C23H16ClF4N3O4S/c1-34-14-9-10(7-8-13(14)30-21(32)11-5-3-4-6-12(11)24)29-23(36)31-22(33)15-16(25)18(27)20(35-2)19(28)17(15)26/h3-9H,1-2H3,(H,30,32)(H2,29,31,33,36). The molecule has 13 heteroatoms. The van der Waals surface area contributed by atoms with E-state index in [1.165, 1.54) is 31.4 Å². The first-order valence-corrected chi connectivity index (χ1v) is 10.6. The first-order chi connectivity index (χ1) is 17.1. The maximum Gasteiger partial charge on any atom is 0.263 e. The molecule has 0 aliphatic rings. The highest BCUT2D eigenvalue weighted by Crippen LogP contribution is 2.31. The minimum atomic E-state index is -1.95. The molecule has 0 bridgehead atoms. The molecule has 36 heavy (non-hydrogen) atoms. The van der Waals surface area contributed by atoms with Crippen molar-refractivity contribution < 1.29 is 36.6 Å². The molecule has 0 fully saturated rings. The lowest BCUT2D eigenvalue weighted by Gasteiger charge is -2.15. The third-order valence-corrected chi connectivity index (χ3v) is 5.24. The molecule has 0 unspecified atom stereocenters. The van der Waals surface area contributed by atoms with Gasteiger partial charge in [0.15, 0.2) is 22.5 Å². The Hall–Kier alpha value is -3.90. The van der Waals surface area contributed by atoms with E-state index in [1.54, 1.807) is 18.2 Å². The lowest BCUT2D eigenvalue weighted by molar-refractivity contribution is 0.0965. The minimum Gasteiger partial charge on any atom is -0.494 e. The van der Waals surface area contributed by atoms with E-state index in [0.717, 1.165) is 7.11 Å². The molecule has 188 valence electrons. The number of rotatable bonds is 6. The van der Waals surface area contributed by atoms with Crippen LogP contribution in [0.15, 0.2) is 42.5 Å². The number of benzene rings is 3. The SMILES string of the molecule is COc1cc(NC(=S)NC(=O)c2c(F)c(F)c(OC)c(F)c2F)ccc1NC(=O)c1ccccc1Cl. The zero-order valence-corrected chi connectivity index (χ0v) is 20.0. The number of ether oxygens (including phenoxy) is 2. The molecule has 7 nitrogen and oxygen atoms in total. The average molecular weight is 542 g/mol. The lowest BCUT2D eigenvalue weighted by Crippen LogP contribution is -2.35. The molecule has 0 aliphatic heterocycles. The zero-order valence-electron chi connectivity index (χ0n) is 18.5. The van der Waals surface area contributed by atoms with Gasteiger partial charge in [-0.1, -0.05) is 23.7 Å². The Morgan fingerprint density at radius 3 is 2.08 bits per heavy atom. The van der Waals surface area contributed by atoms with Crippen molar-refractivity contribution in [1.29, 1.82) is 0 Å². The predicted octanol–water partition coefficient (Wildman–Crippen LogP) is 5.29. The average Bonchev–Trinajstić information content (AvgIpc) is 2.84. The van der Waals surface area contributed by atoms with E-state index in [2.05, 4.69) is 15.4 Å². The van der Waals surface area contributed by atoms with Gasteiger partial charge in [0.1, 0.15) is 11.3 Å². The summed E-state index contributed by atoms with van der Waals surface area (Å²) in [5.74, 6) is -10.8. The highest BCUT2D eigenvalue weighted by atomic mass is 35.5. The number of hydrogen-bond donors (Lipinski definition) is 3. The lowest BCUT2D eigenvalue weighted by atomic mass is 10.1. The number of anilines is 2. The van der Waals surface area contributed by atoms with Crippen LogP contribution in [0.4, 0.5) is 28.9 Å². The van der Waals surface area contributed by atoms with Crippen LogP contribution in [-0.2, 0) is 0 Å². The number of nitrogens with one attached hydrogen (secondary N) is 3. The maximum atomic E-state index is 14.2. The summed E-state index contributed by atoms with van der Waals surface area (Å²) in [6.45, 7) is 0. The molecule has 0 radical (unpaired) electrons.